The van der Waals surface area contributed by atoms with E-state index in [4.69, 9.17) is 4.74 Å². The number of methoxy groups -OCH3 is 1. The fourth-order valence-electron chi connectivity index (χ4n) is 1.63. The van der Waals surface area contributed by atoms with Crippen molar-refractivity contribution >= 4 is 11.3 Å². The molecule has 0 radical (unpaired) electrons. The van der Waals surface area contributed by atoms with Crippen molar-refractivity contribution < 1.29 is 9.84 Å². The molecule has 2 aromatic rings. The van der Waals surface area contributed by atoms with Gasteiger partial charge in [-0.25, -0.2) is 4.98 Å². The highest BCUT2D eigenvalue weighted by atomic mass is 32.1. The first-order chi connectivity index (χ1) is 7.77. The molecular weight excluding hydrogens is 224 g/mol. The lowest BCUT2D eigenvalue weighted by Gasteiger charge is -2.12. The summed E-state index contributed by atoms with van der Waals surface area (Å²) < 4.78 is 7.11. The van der Waals surface area contributed by atoms with E-state index in [0.29, 0.717) is 11.6 Å². The van der Waals surface area contributed by atoms with Gasteiger partial charge in [0.05, 0.1) is 12.0 Å². The van der Waals surface area contributed by atoms with Gasteiger partial charge in [-0.15, -0.1) is 11.3 Å². The van der Waals surface area contributed by atoms with Gasteiger partial charge in [0.1, 0.15) is 17.7 Å². The number of ether oxygens (including phenoxy) is 1. The minimum Gasteiger partial charge on any atom is -0.495 e. The predicted octanol–water partition coefficient (Wildman–Crippen LogP) is 2.05. The summed E-state index contributed by atoms with van der Waals surface area (Å²) in [5.74, 6) is 1.37. The summed E-state index contributed by atoms with van der Waals surface area (Å²) in [4.78, 5) is 4.98. The molecule has 2 rings (SSSR count). The number of hydrogen-bond donors (Lipinski definition) is 1. The maximum absolute atomic E-state index is 10.2. The number of rotatable bonds is 4. The van der Waals surface area contributed by atoms with Crippen molar-refractivity contribution in [3.05, 3.63) is 34.5 Å². The highest BCUT2D eigenvalue weighted by Crippen LogP contribution is 2.33. The topological polar surface area (TPSA) is 47.3 Å². The molecule has 5 heteroatoms. The van der Waals surface area contributed by atoms with E-state index in [0.717, 1.165) is 11.4 Å². The third-order valence-electron chi connectivity index (χ3n) is 2.46. The van der Waals surface area contributed by atoms with Crippen LogP contribution in [-0.4, -0.2) is 21.8 Å². The van der Waals surface area contributed by atoms with Gasteiger partial charge < -0.3 is 14.4 Å². The summed E-state index contributed by atoms with van der Waals surface area (Å²) in [7, 11) is 1.60. The van der Waals surface area contributed by atoms with Crippen LogP contribution in [0.3, 0.4) is 0 Å². The largest absolute Gasteiger partial charge is 0.495 e. The highest BCUT2D eigenvalue weighted by molar-refractivity contribution is 7.10. The smallest absolute Gasteiger partial charge is 0.149 e. The zero-order chi connectivity index (χ0) is 11.5. The van der Waals surface area contributed by atoms with Gasteiger partial charge in [-0.2, -0.15) is 0 Å². The first-order valence-corrected chi connectivity index (χ1v) is 5.96. The second-order valence-electron chi connectivity index (χ2n) is 3.33. The molecule has 0 aliphatic carbocycles. The van der Waals surface area contributed by atoms with Crippen molar-refractivity contribution in [3.8, 4) is 5.75 Å². The lowest BCUT2D eigenvalue weighted by Crippen LogP contribution is -2.08. The molecule has 2 heterocycles. The van der Waals surface area contributed by atoms with Crippen LogP contribution in [-0.2, 0) is 6.54 Å². The van der Waals surface area contributed by atoms with E-state index in [-0.39, 0.29) is 0 Å². The van der Waals surface area contributed by atoms with E-state index in [9.17, 15) is 5.11 Å². The summed E-state index contributed by atoms with van der Waals surface area (Å²) >= 11 is 1.47. The van der Waals surface area contributed by atoms with Gasteiger partial charge in [-0.1, -0.05) is 0 Å². The van der Waals surface area contributed by atoms with E-state index < -0.39 is 6.10 Å². The molecule has 0 aliphatic heterocycles. The molecule has 0 bridgehead atoms. The van der Waals surface area contributed by atoms with Gasteiger partial charge >= 0.3 is 0 Å². The number of thiophene rings is 1. The third-order valence-corrected chi connectivity index (χ3v) is 3.41. The first-order valence-electron chi connectivity index (χ1n) is 5.08. The Bertz CT molecular complexity index is 422. The molecule has 4 nitrogen and oxygen atoms in total. The Morgan fingerprint density at radius 3 is 3.12 bits per heavy atom. The Balaban J connectivity index is 2.35. The maximum atomic E-state index is 10.2. The molecule has 1 N–H and O–H groups in total. The lowest BCUT2D eigenvalue weighted by molar-refractivity contribution is 0.204. The van der Waals surface area contributed by atoms with Crippen LogP contribution in [0.15, 0.2) is 23.8 Å². The van der Waals surface area contributed by atoms with Gasteiger partial charge in [-0.3, -0.25) is 0 Å². The maximum Gasteiger partial charge on any atom is 0.149 e. The van der Waals surface area contributed by atoms with Crippen molar-refractivity contribution in [2.24, 2.45) is 0 Å². The number of hydrogen-bond acceptors (Lipinski definition) is 4. The fourth-order valence-corrected chi connectivity index (χ4v) is 2.47. The number of aliphatic hydroxyl groups is 1. The second kappa shape index (κ2) is 4.67. The van der Waals surface area contributed by atoms with E-state index in [1.54, 1.807) is 13.3 Å². The molecule has 86 valence electrons. The summed E-state index contributed by atoms with van der Waals surface area (Å²) in [5.41, 5.74) is 0. The summed E-state index contributed by atoms with van der Waals surface area (Å²) in [6, 6.07) is 1.85. The van der Waals surface area contributed by atoms with E-state index in [1.165, 1.54) is 11.3 Å². The van der Waals surface area contributed by atoms with E-state index in [1.807, 2.05) is 29.1 Å². The van der Waals surface area contributed by atoms with Gasteiger partial charge in [0, 0.05) is 18.9 Å². The molecule has 0 saturated carbocycles. The Hall–Kier alpha value is -1.33. The van der Waals surface area contributed by atoms with Crippen LogP contribution < -0.4 is 4.74 Å². The van der Waals surface area contributed by atoms with E-state index in [2.05, 4.69) is 4.98 Å². The summed E-state index contributed by atoms with van der Waals surface area (Å²) in [5, 5.41) is 12.1. The number of imidazole rings is 1. The number of nitrogens with zero attached hydrogens (tertiary/aromatic N) is 2. The average molecular weight is 238 g/mol. The molecule has 1 unspecified atom stereocenters. The molecule has 0 spiro atoms. The predicted molar refractivity (Wildman–Crippen MR) is 62.8 cm³/mol. The van der Waals surface area contributed by atoms with Gasteiger partial charge in [0.25, 0.3) is 0 Å². The van der Waals surface area contributed by atoms with Crippen LogP contribution in [0.25, 0.3) is 0 Å². The van der Waals surface area contributed by atoms with Crippen LogP contribution in [0.2, 0.25) is 0 Å². The quantitative estimate of drug-likeness (QED) is 0.886. The van der Waals surface area contributed by atoms with Crippen LogP contribution in [0.5, 0.6) is 5.75 Å². The zero-order valence-corrected chi connectivity index (χ0v) is 10.1. The molecule has 0 aromatic carbocycles. The monoisotopic (exact) mass is 238 g/mol. The zero-order valence-electron chi connectivity index (χ0n) is 9.25. The molecule has 0 saturated heterocycles. The molecule has 2 aromatic heterocycles. The van der Waals surface area contributed by atoms with Crippen molar-refractivity contribution in [3.63, 3.8) is 0 Å². The molecule has 0 aliphatic rings. The van der Waals surface area contributed by atoms with Gasteiger partial charge in [0.2, 0.25) is 0 Å². The van der Waals surface area contributed by atoms with E-state index >= 15 is 0 Å². The Kier molecular flexibility index (Phi) is 3.26. The number of aromatic nitrogens is 2. The van der Waals surface area contributed by atoms with Gasteiger partial charge in [-0.05, 0) is 18.4 Å². The SMILES string of the molecule is CCn1ccnc1C(O)c1sccc1OC. The summed E-state index contributed by atoms with van der Waals surface area (Å²) in [6.45, 7) is 2.81. The molecule has 0 fully saturated rings. The van der Waals surface area contributed by atoms with Crippen molar-refractivity contribution in [2.75, 3.05) is 7.11 Å². The van der Waals surface area contributed by atoms with Crippen LogP contribution >= 0.6 is 11.3 Å². The Labute approximate surface area is 98.1 Å². The molecule has 0 amide bonds. The minimum atomic E-state index is -0.718. The minimum absolute atomic E-state index is 0.656. The standard InChI is InChI=1S/C11H14N2O2S/c1-3-13-6-5-12-11(13)9(14)10-8(15-2)4-7-16-10/h4-7,9,14H,3H2,1-2H3. The van der Waals surface area contributed by atoms with Crippen molar-refractivity contribution in [1.29, 1.82) is 0 Å². The lowest BCUT2D eigenvalue weighted by atomic mass is 10.2. The first kappa shape index (κ1) is 11.2. The Morgan fingerprint density at radius 2 is 2.44 bits per heavy atom. The average Bonchev–Trinajstić information content (AvgIpc) is 2.96. The Morgan fingerprint density at radius 1 is 1.62 bits per heavy atom. The highest BCUT2D eigenvalue weighted by Gasteiger charge is 2.20. The van der Waals surface area contributed by atoms with Crippen LogP contribution in [0, 0.1) is 0 Å². The molecule has 16 heavy (non-hydrogen) atoms. The van der Waals surface area contributed by atoms with Crippen molar-refractivity contribution in [1.82, 2.24) is 9.55 Å². The van der Waals surface area contributed by atoms with Crippen LogP contribution in [0.4, 0.5) is 0 Å². The normalized spacial score (nSPS) is 12.7. The third kappa shape index (κ3) is 1.83. The molecule has 1 atom stereocenters. The van der Waals surface area contributed by atoms with Crippen molar-refractivity contribution in [2.45, 2.75) is 19.6 Å². The summed E-state index contributed by atoms with van der Waals surface area (Å²) in [6.07, 6.45) is 2.84. The second-order valence-corrected chi connectivity index (χ2v) is 4.27. The van der Waals surface area contributed by atoms with Crippen LogP contribution in [0.1, 0.15) is 23.7 Å². The molecular formula is C11H14N2O2S. The van der Waals surface area contributed by atoms with Gasteiger partial charge in [0.15, 0.2) is 0 Å². The number of aliphatic hydroxyl groups excluding tert-OH is 1. The number of aryl methyl sites for hydroxylation is 1. The fraction of sp³-hybridized carbons (Fsp3) is 0.364.